The van der Waals surface area contributed by atoms with Gasteiger partial charge in [-0.05, 0) is 12.1 Å². The fourth-order valence-corrected chi connectivity index (χ4v) is 3.06. The summed E-state index contributed by atoms with van der Waals surface area (Å²) in [6.45, 7) is 0. The Labute approximate surface area is 128 Å². The number of hydrogen-bond donors (Lipinski definition) is 0. The van der Waals surface area contributed by atoms with Crippen LogP contribution >= 0.6 is 11.6 Å². The van der Waals surface area contributed by atoms with Crippen LogP contribution in [-0.2, 0) is 10.1 Å². The van der Waals surface area contributed by atoms with Crippen LogP contribution in [0.3, 0.4) is 0 Å². The molecule has 2 aromatic rings. The van der Waals surface area contributed by atoms with Gasteiger partial charge in [-0.1, -0.05) is 23.7 Å². The highest BCUT2D eigenvalue weighted by Gasteiger charge is 2.20. The first-order chi connectivity index (χ1) is 9.96. The van der Waals surface area contributed by atoms with E-state index in [1.165, 1.54) is 38.5 Å². The molecule has 0 aliphatic carbocycles. The average Bonchev–Trinajstić information content (AvgIpc) is 2.46. The lowest BCUT2D eigenvalue weighted by Gasteiger charge is -2.11. The van der Waals surface area contributed by atoms with Crippen molar-refractivity contribution >= 4 is 21.7 Å². The van der Waals surface area contributed by atoms with Gasteiger partial charge in [-0.2, -0.15) is 8.42 Å². The van der Waals surface area contributed by atoms with E-state index in [4.69, 9.17) is 25.3 Å². The Morgan fingerprint density at radius 3 is 1.95 bits per heavy atom. The molecular formula is C14H13ClO5S. The SMILES string of the molecule is COc1cc(OC)cc(OS(=O)(=O)c2ccccc2Cl)c1. The van der Waals surface area contributed by atoms with Gasteiger partial charge < -0.3 is 13.7 Å². The van der Waals surface area contributed by atoms with Crippen molar-refractivity contribution < 1.29 is 22.1 Å². The van der Waals surface area contributed by atoms with Gasteiger partial charge in [0.1, 0.15) is 22.1 Å². The number of methoxy groups -OCH3 is 2. The van der Waals surface area contributed by atoms with E-state index in [0.717, 1.165) is 0 Å². The molecule has 0 radical (unpaired) electrons. The molecule has 0 unspecified atom stereocenters. The Morgan fingerprint density at radius 2 is 1.43 bits per heavy atom. The number of ether oxygens (including phenoxy) is 2. The normalized spacial score (nSPS) is 11.0. The van der Waals surface area contributed by atoms with Gasteiger partial charge in [-0.25, -0.2) is 0 Å². The number of benzene rings is 2. The van der Waals surface area contributed by atoms with E-state index in [2.05, 4.69) is 0 Å². The molecular weight excluding hydrogens is 316 g/mol. The third-order valence-corrected chi connectivity index (χ3v) is 4.39. The first-order valence-electron chi connectivity index (χ1n) is 5.88. The monoisotopic (exact) mass is 328 g/mol. The lowest BCUT2D eigenvalue weighted by atomic mass is 10.3. The van der Waals surface area contributed by atoms with E-state index in [0.29, 0.717) is 11.5 Å². The quantitative estimate of drug-likeness (QED) is 0.789. The molecule has 0 heterocycles. The summed E-state index contributed by atoms with van der Waals surface area (Å²) in [7, 11) is -1.12. The van der Waals surface area contributed by atoms with Crippen LogP contribution in [0.2, 0.25) is 5.02 Å². The maximum absolute atomic E-state index is 12.2. The summed E-state index contributed by atoms with van der Waals surface area (Å²) in [4.78, 5) is -0.103. The summed E-state index contributed by atoms with van der Waals surface area (Å²) in [5.41, 5.74) is 0. The first kappa shape index (κ1) is 15.5. The molecule has 0 amide bonds. The fourth-order valence-electron chi connectivity index (χ4n) is 1.65. The molecule has 0 aliphatic heterocycles. The van der Waals surface area contributed by atoms with E-state index in [1.54, 1.807) is 18.2 Å². The van der Waals surface area contributed by atoms with Crippen molar-refractivity contribution in [1.29, 1.82) is 0 Å². The number of rotatable bonds is 5. The standard InChI is InChI=1S/C14H13ClO5S/c1-18-10-7-11(19-2)9-12(8-10)20-21(16,17)14-6-4-3-5-13(14)15/h3-9H,1-2H3. The largest absolute Gasteiger partial charge is 0.496 e. The van der Waals surface area contributed by atoms with Crippen molar-refractivity contribution in [3.8, 4) is 17.2 Å². The average molecular weight is 329 g/mol. The van der Waals surface area contributed by atoms with Crippen LogP contribution in [0, 0.1) is 0 Å². The number of hydrogen-bond acceptors (Lipinski definition) is 5. The number of halogens is 1. The predicted octanol–water partition coefficient (Wildman–Crippen LogP) is 3.12. The van der Waals surface area contributed by atoms with Gasteiger partial charge in [0.05, 0.1) is 19.2 Å². The highest BCUT2D eigenvalue weighted by Crippen LogP contribution is 2.30. The molecule has 112 valence electrons. The van der Waals surface area contributed by atoms with Crippen LogP contribution < -0.4 is 13.7 Å². The second kappa shape index (κ2) is 6.24. The molecule has 0 aromatic heterocycles. The lowest BCUT2D eigenvalue weighted by molar-refractivity contribution is 0.390. The summed E-state index contributed by atoms with van der Waals surface area (Å²) in [5, 5.41) is 0.0901. The van der Waals surface area contributed by atoms with Crippen LogP contribution in [0.5, 0.6) is 17.2 Å². The minimum Gasteiger partial charge on any atom is -0.496 e. The van der Waals surface area contributed by atoms with Crippen LogP contribution in [0.1, 0.15) is 0 Å². The van der Waals surface area contributed by atoms with Crippen molar-refractivity contribution in [3.63, 3.8) is 0 Å². The van der Waals surface area contributed by atoms with Crippen LogP contribution in [0.25, 0.3) is 0 Å². The summed E-state index contributed by atoms with van der Waals surface area (Å²) in [6, 6.07) is 10.5. The minimum atomic E-state index is -4.04. The van der Waals surface area contributed by atoms with E-state index >= 15 is 0 Å². The summed E-state index contributed by atoms with van der Waals surface area (Å²) >= 11 is 5.88. The Balaban J connectivity index is 2.39. The van der Waals surface area contributed by atoms with E-state index < -0.39 is 10.1 Å². The van der Waals surface area contributed by atoms with Gasteiger partial charge in [0.15, 0.2) is 0 Å². The molecule has 0 fully saturated rings. The molecule has 0 bridgehead atoms. The zero-order valence-corrected chi connectivity index (χ0v) is 12.9. The van der Waals surface area contributed by atoms with Gasteiger partial charge in [0.2, 0.25) is 0 Å². The molecule has 0 spiro atoms. The van der Waals surface area contributed by atoms with E-state index in [-0.39, 0.29) is 15.7 Å². The van der Waals surface area contributed by atoms with Crippen molar-refractivity contribution in [2.75, 3.05) is 14.2 Å². The third kappa shape index (κ3) is 3.59. The maximum Gasteiger partial charge on any atom is 0.340 e. The molecule has 0 saturated heterocycles. The van der Waals surface area contributed by atoms with Gasteiger partial charge in [0, 0.05) is 18.2 Å². The topological polar surface area (TPSA) is 61.8 Å². The Kier molecular flexibility index (Phi) is 4.59. The fraction of sp³-hybridized carbons (Fsp3) is 0.143. The summed E-state index contributed by atoms with van der Waals surface area (Å²) < 4.78 is 39.7. The smallest absolute Gasteiger partial charge is 0.340 e. The molecule has 0 atom stereocenters. The molecule has 0 aliphatic rings. The molecule has 21 heavy (non-hydrogen) atoms. The molecule has 7 heteroatoms. The van der Waals surface area contributed by atoms with Crippen LogP contribution in [-0.4, -0.2) is 22.6 Å². The van der Waals surface area contributed by atoms with E-state index in [1.807, 2.05) is 0 Å². The molecule has 2 aromatic carbocycles. The minimum absolute atomic E-state index is 0.0751. The molecule has 5 nitrogen and oxygen atoms in total. The van der Waals surface area contributed by atoms with E-state index in [9.17, 15) is 8.42 Å². The highest BCUT2D eigenvalue weighted by molar-refractivity contribution is 7.87. The second-order valence-corrected chi connectivity index (χ2v) is 5.94. The van der Waals surface area contributed by atoms with Gasteiger partial charge in [-0.15, -0.1) is 0 Å². The maximum atomic E-state index is 12.2. The Hall–Kier alpha value is -1.92. The van der Waals surface area contributed by atoms with Crippen molar-refractivity contribution in [1.82, 2.24) is 0 Å². The molecule has 0 N–H and O–H groups in total. The zero-order chi connectivity index (χ0) is 15.5. The van der Waals surface area contributed by atoms with Crippen molar-refractivity contribution in [3.05, 3.63) is 47.5 Å². The lowest BCUT2D eigenvalue weighted by Crippen LogP contribution is -2.10. The Morgan fingerprint density at radius 1 is 0.905 bits per heavy atom. The van der Waals surface area contributed by atoms with Gasteiger partial charge in [0.25, 0.3) is 0 Å². The highest BCUT2D eigenvalue weighted by atomic mass is 35.5. The molecule has 0 saturated carbocycles. The van der Waals surface area contributed by atoms with Gasteiger partial charge in [-0.3, -0.25) is 0 Å². The zero-order valence-electron chi connectivity index (χ0n) is 11.4. The summed E-state index contributed by atoms with van der Waals surface area (Å²) in [6.07, 6.45) is 0. The van der Waals surface area contributed by atoms with Crippen LogP contribution in [0.4, 0.5) is 0 Å². The Bertz CT molecular complexity index is 721. The van der Waals surface area contributed by atoms with Crippen molar-refractivity contribution in [2.45, 2.75) is 4.90 Å². The summed E-state index contributed by atoms with van der Waals surface area (Å²) in [5.74, 6) is 0.906. The predicted molar refractivity (Wildman–Crippen MR) is 78.8 cm³/mol. The first-order valence-corrected chi connectivity index (χ1v) is 7.67. The van der Waals surface area contributed by atoms with Crippen LogP contribution in [0.15, 0.2) is 47.4 Å². The molecule has 2 rings (SSSR count). The third-order valence-electron chi connectivity index (χ3n) is 2.64. The van der Waals surface area contributed by atoms with Gasteiger partial charge >= 0.3 is 10.1 Å². The second-order valence-electron chi connectivity index (χ2n) is 4.02. The van der Waals surface area contributed by atoms with Crippen molar-refractivity contribution in [2.24, 2.45) is 0 Å².